The van der Waals surface area contributed by atoms with Gasteiger partial charge in [-0.1, -0.05) is 31.2 Å². The van der Waals surface area contributed by atoms with Crippen LogP contribution < -0.4 is 10.9 Å². The number of amides is 2. The molecule has 6 heteroatoms. The maximum atomic E-state index is 11.8. The van der Waals surface area contributed by atoms with E-state index in [2.05, 4.69) is 35.0 Å². The van der Waals surface area contributed by atoms with Crippen LogP contribution in [0.15, 0.2) is 30.3 Å². The molecular formula is C18H24N4O2. The van der Waals surface area contributed by atoms with Crippen molar-refractivity contribution in [2.45, 2.75) is 46.6 Å². The third kappa shape index (κ3) is 5.22. The molecule has 2 rings (SSSR count). The van der Waals surface area contributed by atoms with E-state index in [-0.39, 0.29) is 18.4 Å². The standard InChI is InChI=1S/C18H24N4O2/c1-4-15-5-7-16(8-6-15)9-10-17(23)19-20-18(24)12-22-14(3)11-13(2)21-22/h5-8,11H,4,9-10,12H2,1-3H3,(H,19,23)(H,20,24). The van der Waals surface area contributed by atoms with Gasteiger partial charge < -0.3 is 0 Å². The summed E-state index contributed by atoms with van der Waals surface area (Å²) in [5, 5.41) is 4.21. The molecule has 0 atom stereocenters. The summed E-state index contributed by atoms with van der Waals surface area (Å²) in [7, 11) is 0. The molecule has 0 saturated heterocycles. The smallest absolute Gasteiger partial charge is 0.260 e. The summed E-state index contributed by atoms with van der Waals surface area (Å²) in [5.74, 6) is -0.516. The van der Waals surface area contributed by atoms with Crippen molar-refractivity contribution < 1.29 is 9.59 Å². The zero-order valence-electron chi connectivity index (χ0n) is 14.4. The molecule has 0 unspecified atom stereocenters. The van der Waals surface area contributed by atoms with Crippen molar-refractivity contribution in [2.24, 2.45) is 0 Å². The van der Waals surface area contributed by atoms with E-state index in [0.29, 0.717) is 12.8 Å². The summed E-state index contributed by atoms with van der Waals surface area (Å²) in [6.07, 6.45) is 1.97. The van der Waals surface area contributed by atoms with E-state index >= 15 is 0 Å². The lowest BCUT2D eigenvalue weighted by Crippen LogP contribution is -2.43. The average molecular weight is 328 g/mol. The molecule has 0 fully saturated rings. The van der Waals surface area contributed by atoms with Crippen LogP contribution >= 0.6 is 0 Å². The highest BCUT2D eigenvalue weighted by atomic mass is 16.2. The number of carbonyl (C=O) groups excluding carboxylic acids is 2. The summed E-state index contributed by atoms with van der Waals surface area (Å²) in [6, 6.07) is 10.1. The normalized spacial score (nSPS) is 10.5. The van der Waals surface area contributed by atoms with Crippen LogP contribution in [0.25, 0.3) is 0 Å². The van der Waals surface area contributed by atoms with Gasteiger partial charge in [-0.15, -0.1) is 0 Å². The Morgan fingerprint density at radius 2 is 1.67 bits per heavy atom. The Labute approximate surface area is 142 Å². The molecule has 0 bridgehead atoms. The Morgan fingerprint density at radius 1 is 1.04 bits per heavy atom. The monoisotopic (exact) mass is 328 g/mol. The first-order chi connectivity index (χ1) is 11.5. The molecule has 2 N–H and O–H groups in total. The van der Waals surface area contributed by atoms with Crippen molar-refractivity contribution in [1.29, 1.82) is 0 Å². The summed E-state index contributed by atoms with van der Waals surface area (Å²) in [4.78, 5) is 23.7. The highest BCUT2D eigenvalue weighted by Gasteiger charge is 2.08. The number of hydrogen-bond acceptors (Lipinski definition) is 3. The molecule has 0 radical (unpaired) electrons. The van der Waals surface area contributed by atoms with Crippen LogP contribution in [0.4, 0.5) is 0 Å². The third-order valence-electron chi connectivity index (χ3n) is 3.81. The fourth-order valence-electron chi connectivity index (χ4n) is 2.41. The minimum atomic E-state index is -0.304. The second kappa shape index (κ2) is 8.29. The van der Waals surface area contributed by atoms with Crippen LogP contribution in [-0.2, 0) is 29.0 Å². The predicted octanol–water partition coefficient (Wildman–Crippen LogP) is 1.84. The number of aromatic nitrogens is 2. The fourth-order valence-corrected chi connectivity index (χ4v) is 2.41. The summed E-state index contributed by atoms with van der Waals surface area (Å²) in [6.45, 7) is 5.95. The third-order valence-corrected chi connectivity index (χ3v) is 3.81. The average Bonchev–Trinajstić information content (AvgIpc) is 2.88. The molecule has 1 aromatic carbocycles. The number of hydrazine groups is 1. The summed E-state index contributed by atoms with van der Waals surface area (Å²) in [5.41, 5.74) is 9.02. The Balaban J connectivity index is 1.72. The van der Waals surface area contributed by atoms with Gasteiger partial charge in [-0.25, -0.2) is 0 Å². The second-order valence-electron chi connectivity index (χ2n) is 5.85. The van der Waals surface area contributed by atoms with E-state index in [1.54, 1.807) is 4.68 Å². The van der Waals surface area contributed by atoms with Crippen LogP contribution in [-0.4, -0.2) is 21.6 Å². The molecule has 6 nitrogen and oxygen atoms in total. The zero-order valence-corrected chi connectivity index (χ0v) is 14.4. The van der Waals surface area contributed by atoms with Gasteiger partial charge in [0.2, 0.25) is 5.91 Å². The topological polar surface area (TPSA) is 76.0 Å². The van der Waals surface area contributed by atoms with Gasteiger partial charge in [-0.3, -0.25) is 25.1 Å². The molecule has 2 amide bonds. The maximum absolute atomic E-state index is 11.8. The SMILES string of the molecule is CCc1ccc(CCC(=O)NNC(=O)Cn2nc(C)cc2C)cc1. The number of hydrogen-bond donors (Lipinski definition) is 2. The van der Waals surface area contributed by atoms with Crippen LogP contribution in [0.3, 0.4) is 0 Å². The lowest BCUT2D eigenvalue weighted by molar-refractivity contribution is -0.129. The van der Waals surface area contributed by atoms with Crippen LogP contribution in [0, 0.1) is 13.8 Å². The molecule has 0 aliphatic carbocycles. The van der Waals surface area contributed by atoms with Gasteiger partial charge in [0.25, 0.3) is 5.91 Å². The first kappa shape index (κ1) is 17.7. The van der Waals surface area contributed by atoms with Crippen molar-refractivity contribution in [1.82, 2.24) is 20.6 Å². The molecule has 1 aromatic heterocycles. The van der Waals surface area contributed by atoms with Crippen LogP contribution in [0.5, 0.6) is 0 Å². The summed E-state index contributed by atoms with van der Waals surface area (Å²) < 4.78 is 1.60. The number of carbonyl (C=O) groups is 2. The van der Waals surface area contributed by atoms with Crippen molar-refractivity contribution in [2.75, 3.05) is 0 Å². The van der Waals surface area contributed by atoms with Crippen LogP contribution in [0.2, 0.25) is 0 Å². The molecule has 0 spiro atoms. The Bertz CT molecular complexity index is 704. The maximum Gasteiger partial charge on any atom is 0.260 e. The highest BCUT2D eigenvalue weighted by Crippen LogP contribution is 2.07. The molecule has 0 saturated carbocycles. The van der Waals surface area contributed by atoms with E-state index in [9.17, 15) is 9.59 Å². The van der Waals surface area contributed by atoms with Gasteiger partial charge in [0.05, 0.1) is 5.69 Å². The summed E-state index contributed by atoms with van der Waals surface area (Å²) >= 11 is 0. The minimum Gasteiger partial charge on any atom is -0.273 e. The Hall–Kier alpha value is -2.63. The second-order valence-corrected chi connectivity index (χ2v) is 5.85. The van der Waals surface area contributed by atoms with Gasteiger partial charge in [-0.05, 0) is 43.9 Å². The minimum absolute atomic E-state index is 0.0818. The Kier molecular flexibility index (Phi) is 6.12. The van der Waals surface area contributed by atoms with Gasteiger partial charge >= 0.3 is 0 Å². The largest absolute Gasteiger partial charge is 0.273 e. The molecule has 2 aromatic rings. The van der Waals surface area contributed by atoms with Crippen molar-refractivity contribution in [3.8, 4) is 0 Å². The molecular weight excluding hydrogens is 304 g/mol. The van der Waals surface area contributed by atoms with E-state index in [1.165, 1.54) is 5.56 Å². The first-order valence-electron chi connectivity index (χ1n) is 8.14. The van der Waals surface area contributed by atoms with Crippen molar-refractivity contribution in [3.05, 3.63) is 52.8 Å². The lowest BCUT2D eigenvalue weighted by atomic mass is 10.1. The van der Waals surface area contributed by atoms with Crippen LogP contribution in [0.1, 0.15) is 35.9 Å². The molecule has 128 valence electrons. The van der Waals surface area contributed by atoms with E-state index in [4.69, 9.17) is 0 Å². The first-order valence-corrected chi connectivity index (χ1v) is 8.14. The van der Waals surface area contributed by atoms with Gasteiger partial charge in [0, 0.05) is 12.1 Å². The molecule has 0 aliphatic heterocycles. The predicted molar refractivity (Wildman–Crippen MR) is 92.1 cm³/mol. The number of aryl methyl sites for hydroxylation is 4. The highest BCUT2D eigenvalue weighted by molar-refractivity contribution is 5.81. The van der Waals surface area contributed by atoms with Gasteiger partial charge in [0.15, 0.2) is 0 Å². The molecule has 0 aliphatic rings. The lowest BCUT2D eigenvalue weighted by Gasteiger charge is -2.08. The van der Waals surface area contributed by atoms with E-state index in [1.807, 2.05) is 32.0 Å². The van der Waals surface area contributed by atoms with E-state index < -0.39 is 0 Å². The molecule has 24 heavy (non-hydrogen) atoms. The number of benzene rings is 1. The van der Waals surface area contributed by atoms with Crippen molar-refractivity contribution >= 4 is 11.8 Å². The number of nitrogens with zero attached hydrogens (tertiary/aromatic N) is 2. The number of rotatable bonds is 6. The van der Waals surface area contributed by atoms with E-state index in [0.717, 1.165) is 23.4 Å². The Morgan fingerprint density at radius 3 is 2.25 bits per heavy atom. The zero-order chi connectivity index (χ0) is 17.5. The van der Waals surface area contributed by atoms with Gasteiger partial charge in [-0.2, -0.15) is 5.10 Å². The van der Waals surface area contributed by atoms with Crippen molar-refractivity contribution in [3.63, 3.8) is 0 Å². The molecule has 1 heterocycles. The fraction of sp³-hybridized carbons (Fsp3) is 0.389. The number of nitrogens with one attached hydrogen (secondary N) is 2. The van der Waals surface area contributed by atoms with Gasteiger partial charge in [0.1, 0.15) is 6.54 Å². The quantitative estimate of drug-likeness (QED) is 0.795.